The summed E-state index contributed by atoms with van der Waals surface area (Å²) in [6.45, 7) is 13.7. The Morgan fingerprint density at radius 2 is 1.08 bits per heavy atom. The highest BCUT2D eigenvalue weighted by Crippen LogP contribution is 2.39. The third kappa shape index (κ3) is 4.66. The molecule has 1 heteroatoms. The summed E-state index contributed by atoms with van der Waals surface area (Å²) in [6.07, 6.45) is 3.49. The van der Waals surface area contributed by atoms with Crippen molar-refractivity contribution < 1.29 is 4.74 Å². The SMILES string of the molecule is CC(C)(C)CC1OC1CC(C)(C)C. The lowest BCUT2D eigenvalue weighted by atomic mass is 9.85. The summed E-state index contributed by atoms with van der Waals surface area (Å²) < 4.78 is 5.67. The minimum Gasteiger partial charge on any atom is -0.370 e. The standard InChI is InChI=1S/C12H24O/c1-11(2,3)7-9-10(13-9)8-12(4,5)6/h9-10H,7-8H2,1-6H3. The average Bonchev–Trinajstić information content (AvgIpc) is 2.36. The summed E-state index contributed by atoms with van der Waals surface area (Å²) in [5.41, 5.74) is 0.828. The molecule has 1 saturated heterocycles. The molecule has 78 valence electrons. The van der Waals surface area contributed by atoms with Gasteiger partial charge < -0.3 is 4.74 Å². The lowest BCUT2D eigenvalue weighted by Gasteiger charge is -2.18. The predicted octanol–water partition coefficient (Wildman–Crippen LogP) is 3.63. The van der Waals surface area contributed by atoms with Crippen LogP contribution < -0.4 is 0 Å². The van der Waals surface area contributed by atoms with Gasteiger partial charge in [0.2, 0.25) is 0 Å². The van der Waals surface area contributed by atoms with Crippen LogP contribution in [0.2, 0.25) is 0 Å². The first-order valence-corrected chi connectivity index (χ1v) is 5.33. The van der Waals surface area contributed by atoms with Gasteiger partial charge in [0.1, 0.15) is 0 Å². The maximum absolute atomic E-state index is 5.67. The van der Waals surface area contributed by atoms with E-state index in [1.54, 1.807) is 0 Å². The topological polar surface area (TPSA) is 12.5 Å². The molecule has 13 heavy (non-hydrogen) atoms. The van der Waals surface area contributed by atoms with Crippen molar-refractivity contribution in [1.29, 1.82) is 0 Å². The van der Waals surface area contributed by atoms with Crippen LogP contribution in [0.4, 0.5) is 0 Å². The third-order valence-corrected chi connectivity index (χ3v) is 2.31. The van der Waals surface area contributed by atoms with E-state index in [2.05, 4.69) is 41.5 Å². The monoisotopic (exact) mass is 184 g/mol. The van der Waals surface area contributed by atoms with Gasteiger partial charge in [-0.25, -0.2) is 0 Å². The van der Waals surface area contributed by atoms with Crippen molar-refractivity contribution in [1.82, 2.24) is 0 Å². The Morgan fingerprint density at radius 3 is 1.31 bits per heavy atom. The highest BCUT2D eigenvalue weighted by Gasteiger charge is 2.42. The van der Waals surface area contributed by atoms with E-state index >= 15 is 0 Å². The summed E-state index contributed by atoms with van der Waals surface area (Å²) in [7, 11) is 0. The summed E-state index contributed by atoms with van der Waals surface area (Å²) in [5, 5.41) is 0. The molecule has 0 saturated carbocycles. The second kappa shape index (κ2) is 3.27. The minimum atomic E-state index is 0.414. The van der Waals surface area contributed by atoms with Crippen molar-refractivity contribution in [2.45, 2.75) is 66.6 Å². The maximum Gasteiger partial charge on any atom is 0.0847 e. The fraction of sp³-hybridized carbons (Fsp3) is 1.00. The molecule has 1 nitrogen and oxygen atoms in total. The molecule has 0 aliphatic carbocycles. The second-order valence-electron chi connectivity index (χ2n) is 6.74. The molecule has 0 aromatic rings. The number of rotatable bonds is 2. The van der Waals surface area contributed by atoms with Gasteiger partial charge >= 0.3 is 0 Å². The lowest BCUT2D eigenvalue weighted by Crippen LogP contribution is -2.14. The highest BCUT2D eigenvalue weighted by atomic mass is 16.6. The number of ether oxygens (including phenoxy) is 1. The van der Waals surface area contributed by atoms with Crippen LogP contribution in [0.3, 0.4) is 0 Å². The molecule has 0 spiro atoms. The van der Waals surface area contributed by atoms with E-state index in [1.165, 1.54) is 12.8 Å². The van der Waals surface area contributed by atoms with E-state index in [9.17, 15) is 0 Å². The Balaban J connectivity index is 2.24. The Hall–Kier alpha value is -0.0400. The summed E-state index contributed by atoms with van der Waals surface area (Å²) in [6, 6.07) is 0. The first-order valence-electron chi connectivity index (χ1n) is 5.33. The van der Waals surface area contributed by atoms with Crippen LogP contribution in [-0.2, 0) is 4.74 Å². The molecule has 1 aliphatic rings. The fourth-order valence-corrected chi connectivity index (χ4v) is 1.75. The largest absolute Gasteiger partial charge is 0.370 e. The molecule has 1 fully saturated rings. The molecule has 2 unspecified atom stereocenters. The Kier molecular flexibility index (Phi) is 2.78. The zero-order valence-electron chi connectivity index (χ0n) is 9.98. The van der Waals surface area contributed by atoms with Crippen molar-refractivity contribution in [2.75, 3.05) is 0 Å². The first-order chi connectivity index (χ1) is 5.67. The van der Waals surface area contributed by atoms with Gasteiger partial charge in [-0.2, -0.15) is 0 Å². The third-order valence-electron chi connectivity index (χ3n) is 2.31. The molecular formula is C12H24O. The Labute approximate surface area is 82.9 Å². The average molecular weight is 184 g/mol. The minimum absolute atomic E-state index is 0.414. The van der Waals surface area contributed by atoms with Crippen LogP contribution in [-0.4, -0.2) is 12.2 Å². The van der Waals surface area contributed by atoms with Crippen molar-refractivity contribution in [3.05, 3.63) is 0 Å². The van der Waals surface area contributed by atoms with Gasteiger partial charge in [-0.05, 0) is 23.7 Å². The summed E-state index contributed by atoms with van der Waals surface area (Å²) >= 11 is 0. The number of epoxide rings is 1. The first kappa shape index (κ1) is 11.0. The predicted molar refractivity (Wildman–Crippen MR) is 56.8 cm³/mol. The molecule has 1 heterocycles. The zero-order valence-corrected chi connectivity index (χ0v) is 9.98. The highest BCUT2D eigenvalue weighted by molar-refractivity contribution is 4.90. The molecular weight excluding hydrogens is 160 g/mol. The van der Waals surface area contributed by atoms with E-state index < -0.39 is 0 Å². The van der Waals surface area contributed by atoms with Crippen LogP contribution in [0, 0.1) is 10.8 Å². The maximum atomic E-state index is 5.67. The van der Waals surface area contributed by atoms with Crippen molar-refractivity contribution in [3.63, 3.8) is 0 Å². The van der Waals surface area contributed by atoms with Crippen molar-refractivity contribution in [3.8, 4) is 0 Å². The quantitative estimate of drug-likeness (QED) is 0.597. The molecule has 1 aliphatic heterocycles. The molecule has 0 aromatic carbocycles. The van der Waals surface area contributed by atoms with Gasteiger partial charge in [0, 0.05) is 0 Å². The van der Waals surface area contributed by atoms with E-state index in [4.69, 9.17) is 4.74 Å². The zero-order chi connectivity index (χ0) is 10.3. The Morgan fingerprint density at radius 1 is 0.769 bits per heavy atom. The van der Waals surface area contributed by atoms with Gasteiger partial charge in [0.25, 0.3) is 0 Å². The molecule has 0 radical (unpaired) electrons. The van der Waals surface area contributed by atoms with Gasteiger partial charge in [-0.15, -0.1) is 0 Å². The fourth-order valence-electron chi connectivity index (χ4n) is 1.75. The van der Waals surface area contributed by atoms with Gasteiger partial charge in [-0.3, -0.25) is 0 Å². The van der Waals surface area contributed by atoms with Gasteiger partial charge in [-0.1, -0.05) is 41.5 Å². The second-order valence-corrected chi connectivity index (χ2v) is 6.74. The van der Waals surface area contributed by atoms with Gasteiger partial charge in [0.15, 0.2) is 0 Å². The van der Waals surface area contributed by atoms with E-state index in [1.807, 2.05) is 0 Å². The van der Waals surface area contributed by atoms with Crippen LogP contribution >= 0.6 is 0 Å². The van der Waals surface area contributed by atoms with Crippen LogP contribution in [0.5, 0.6) is 0 Å². The molecule has 0 aromatic heterocycles. The molecule has 1 rings (SSSR count). The molecule has 0 N–H and O–H groups in total. The van der Waals surface area contributed by atoms with E-state index in [-0.39, 0.29) is 0 Å². The van der Waals surface area contributed by atoms with Crippen LogP contribution in [0.1, 0.15) is 54.4 Å². The normalized spacial score (nSPS) is 29.1. The molecule has 2 atom stereocenters. The van der Waals surface area contributed by atoms with E-state index in [0.29, 0.717) is 23.0 Å². The molecule has 0 bridgehead atoms. The Bertz CT molecular complexity index is 151. The van der Waals surface area contributed by atoms with Crippen molar-refractivity contribution >= 4 is 0 Å². The van der Waals surface area contributed by atoms with Gasteiger partial charge in [0.05, 0.1) is 12.2 Å². The van der Waals surface area contributed by atoms with E-state index in [0.717, 1.165) is 0 Å². The molecule has 0 amide bonds. The summed E-state index contributed by atoms with van der Waals surface area (Å²) in [5.74, 6) is 0. The van der Waals surface area contributed by atoms with Crippen LogP contribution in [0.25, 0.3) is 0 Å². The van der Waals surface area contributed by atoms with Crippen LogP contribution in [0.15, 0.2) is 0 Å². The number of hydrogen-bond acceptors (Lipinski definition) is 1. The summed E-state index contributed by atoms with van der Waals surface area (Å²) in [4.78, 5) is 0. The van der Waals surface area contributed by atoms with Crippen molar-refractivity contribution in [2.24, 2.45) is 10.8 Å². The number of hydrogen-bond donors (Lipinski definition) is 0. The lowest BCUT2D eigenvalue weighted by molar-refractivity contribution is 0.274. The smallest absolute Gasteiger partial charge is 0.0847 e.